The van der Waals surface area contributed by atoms with Gasteiger partial charge in [0.1, 0.15) is 5.82 Å². The van der Waals surface area contributed by atoms with E-state index in [9.17, 15) is 12.8 Å². The van der Waals surface area contributed by atoms with Crippen molar-refractivity contribution in [1.82, 2.24) is 0 Å². The van der Waals surface area contributed by atoms with Crippen molar-refractivity contribution < 1.29 is 17.9 Å². The van der Waals surface area contributed by atoms with Crippen LogP contribution in [0.15, 0.2) is 29.2 Å². The van der Waals surface area contributed by atoms with E-state index in [1.165, 1.54) is 12.1 Å². The Bertz CT molecular complexity index is 430. The Morgan fingerprint density at radius 3 is 2.38 bits per heavy atom. The van der Waals surface area contributed by atoms with E-state index in [-0.39, 0.29) is 23.7 Å². The van der Waals surface area contributed by atoms with Crippen LogP contribution in [0.2, 0.25) is 0 Å². The van der Waals surface area contributed by atoms with E-state index >= 15 is 0 Å². The van der Waals surface area contributed by atoms with Gasteiger partial charge < -0.3 is 10.8 Å². The van der Waals surface area contributed by atoms with Gasteiger partial charge in [0, 0.05) is 12.6 Å². The quantitative estimate of drug-likeness (QED) is 0.734. The first-order valence-corrected chi connectivity index (χ1v) is 6.45. The second-order valence-electron chi connectivity index (χ2n) is 3.51. The van der Waals surface area contributed by atoms with Gasteiger partial charge in [-0.2, -0.15) is 0 Å². The molecule has 0 fully saturated rings. The lowest BCUT2D eigenvalue weighted by Crippen LogP contribution is -2.30. The second kappa shape index (κ2) is 5.38. The summed E-state index contributed by atoms with van der Waals surface area (Å²) in [6, 6.07) is 3.97. The molecule has 1 aromatic carbocycles. The molecule has 90 valence electrons. The van der Waals surface area contributed by atoms with Crippen molar-refractivity contribution in [1.29, 1.82) is 0 Å². The first-order chi connectivity index (χ1) is 7.45. The number of halogens is 1. The molecule has 1 aromatic rings. The Labute approximate surface area is 93.8 Å². The maximum atomic E-state index is 12.6. The van der Waals surface area contributed by atoms with Crippen molar-refractivity contribution in [3.05, 3.63) is 30.1 Å². The zero-order valence-electron chi connectivity index (χ0n) is 8.64. The van der Waals surface area contributed by atoms with Gasteiger partial charge in [0.25, 0.3) is 0 Å². The van der Waals surface area contributed by atoms with Gasteiger partial charge in [0.2, 0.25) is 0 Å². The van der Waals surface area contributed by atoms with Gasteiger partial charge in [-0.25, -0.2) is 12.8 Å². The summed E-state index contributed by atoms with van der Waals surface area (Å²) < 4.78 is 36.1. The van der Waals surface area contributed by atoms with Crippen LogP contribution < -0.4 is 5.73 Å². The monoisotopic (exact) mass is 247 g/mol. The summed E-state index contributed by atoms with van der Waals surface area (Å²) in [7, 11) is -3.50. The van der Waals surface area contributed by atoms with E-state index < -0.39 is 21.7 Å². The largest absolute Gasteiger partial charge is 0.396 e. The van der Waals surface area contributed by atoms with Crippen LogP contribution in [0.25, 0.3) is 0 Å². The molecule has 1 unspecified atom stereocenters. The molecule has 0 aliphatic heterocycles. The molecule has 0 heterocycles. The van der Waals surface area contributed by atoms with E-state index in [1.54, 1.807) is 0 Å². The van der Waals surface area contributed by atoms with Crippen molar-refractivity contribution in [3.63, 3.8) is 0 Å². The Balaban J connectivity index is 2.82. The molecular formula is C10H14FNO3S. The third kappa shape index (κ3) is 3.55. The fourth-order valence-electron chi connectivity index (χ4n) is 1.27. The van der Waals surface area contributed by atoms with Crippen LogP contribution in [0, 0.1) is 5.82 Å². The van der Waals surface area contributed by atoms with E-state index in [1.807, 2.05) is 0 Å². The Morgan fingerprint density at radius 1 is 1.31 bits per heavy atom. The Morgan fingerprint density at radius 2 is 1.88 bits per heavy atom. The van der Waals surface area contributed by atoms with Crippen molar-refractivity contribution >= 4 is 9.84 Å². The predicted octanol–water partition coefficient (Wildman–Crippen LogP) is 0.309. The van der Waals surface area contributed by atoms with Crippen LogP contribution in [-0.4, -0.2) is 31.9 Å². The molecule has 0 bridgehead atoms. The van der Waals surface area contributed by atoms with Crippen LogP contribution in [-0.2, 0) is 9.84 Å². The fraction of sp³-hybridized carbons (Fsp3) is 0.400. The molecule has 0 aromatic heterocycles. The summed E-state index contributed by atoms with van der Waals surface area (Å²) >= 11 is 0. The zero-order chi connectivity index (χ0) is 12.2. The third-order valence-electron chi connectivity index (χ3n) is 2.11. The Hall–Kier alpha value is -0.980. The van der Waals surface area contributed by atoms with Crippen molar-refractivity contribution in [2.45, 2.75) is 17.4 Å². The standard InChI is InChI=1S/C10H14FNO3S/c11-8-1-3-10(4-2-8)16(14,15)7-9(12)5-6-13/h1-4,9,13H,5-7,12H2. The highest BCUT2D eigenvalue weighted by Gasteiger charge is 2.18. The van der Waals surface area contributed by atoms with Crippen molar-refractivity contribution in [3.8, 4) is 0 Å². The van der Waals surface area contributed by atoms with Crippen molar-refractivity contribution in [2.75, 3.05) is 12.4 Å². The van der Waals surface area contributed by atoms with E-state index in [4.69, 9.17) is 10.8 Å². The highest BCUT2D eigenvalue weighted by Crippen LogP contribution is 2.13. The van der Waals surface area contributed by atoms with Gasteiger partial charge in [0.05, 0.1) is 10.6 Å². The van der Waals surface area contributed by atoms with Gasteiger partial charge >= 0.3 is 0 Å². The van der Waals surface area contributed by atoms with Crippen LogP contribution >= 0.6 is 0 Å². The average Bonchev–Trinajstić information content (AvgIpc) is 2.17. The molecule has 6 heteroatoms. The molecule has 0 spiro atoms. The van der Waals surface area contributed by atoms with Crippen LogP contribution in [0.3, 0.4) is 0 Å². The second-order valence-corrected chi connectivity index (χ2v) is 5.54. The smallest absolute Gasteiger partial charge is 0.179 e. The highest BCUT2D eigenvalue weighted by atomic mass is 32.2. The highest BCUT2D eigenvalue weighted by molar-refractivity contribution is 7.91. The SMILES string of the molecule is NC(CCO)CS(=O)(=O)c1ccc(F)cc1. The molecule has 1 atom stereocenters. The van der Waals surface area contributed by atoms with Gasteiger partial charge in [-0.1, -0.05) is 0 Å². The summed E-state index contributed by atoms with van der Waals surface area (Å²) in [5, 5.41) is 8.62. The summed E-state index contributed by atoms with van der Waals surface area (Å²) in [6.45, 7) is -0.153. The molecule has 4 nitrogen and oxygen atoms in total. The normalized spacial score (nSPS) is 13.7. The molecular weight excluding hydrogens is 233 g/mol. The zero-order valence-corrected chi connectivity index (χ0v) is 9.45. The number of sulfone groups is 1. The first kappa shape index (κ1) is 13.1. The number of benzene rings is 1. The van der Waals surface area contributed by atoms with Crippen LogP contribution in [0.4, 0.5) is 4.39 Å². The van der Waals surface area contributed by atoms with E-state index in [2.05, 4.69) is 0 Å². The number of nitrogens with two attached hydrogens (primary N) is 1. The molecule has 0 aliphatic carbocycles. The minimum absolute atomic E-state index is 0.0438. The van der Waals surface area contributed by atoms with Gasteiger partial charge in [-0.3, -0.25) is 0 Å². The molecule has 0 aliphatic rings. The third-order valence-corrected chi connectivity index (χ3v) is 3.96. The summed E-state index contributed by atoms with van der Waals surface area (Å²) in [5.41, 5.74) is 5.52. The molecule has 1 rings (SSSR count). The number of aliphatic hydroxyl groups excluding tert-OH is 1. The van der Waals surface area contributed by atoms with Gasteiger partial charge in [-0.05, 0) is 30.7 Å². The topological polar surface area (TPSA) is 80.4 Å². The molecule has 0 amide bonds. The first-order valence-electron chi connectivity index (χ1n) is 4.80. The number of rotatable bonds is 5. The molecule has 0 saturated carbocycles. The minimum Gasteiger partial charge on any atom is -0.396 e. The number of aliphatic hydroxyl groups is 1. The van der Waals surface area contributed by atoms with Crippen LogP contribution in [0.5, 0.6) is 0 Å². The molecule has 0 radical (unpaired) electrons. The Kier molecular flexibility index (Phi) is 4.40. The molecule has 16 heavy (non-hydrogen) atoms. The number of hydrogen-bond acceptors (Lipinski definition) is 4. The lowest BCUT2D eigenvalue weighted by Gasteiger charge is -2.10. The summed E-state index contributed by atoms with van der Waals surface area (Å²) in [6.07, 6.45) is 0.223. The maximum Gasteiger partial charge on any atom is 0.179 e. The van der Waals surface area contributed by atoms with E-state index in [0.717, 1.165) is 12.1 Å². The van der Waals surface area contributed by atoms with Gasteiger partial charge in [0.15, 0.2) is 9.84 Å². The molecule has 3 N–H and O–H groups in total. The van der Waals surface area contributed by atoms with Gasteiger partial charge in [-0.15, -0.1) is 0 Å². The lowest BCUT2D eigenvalue weighted by atomic mass is 10.3. The van der Waals surface area contributed by atoms with Crippen LogP contribution in [0.1, 0.15) is 6.42 Å². The maximum absolute atomic E-state index is 12.6. The minimum atomic E-state index is -3.50. The summed E-state index contributed by atoms with van der Waals surface area (Å²) in [4.78, 5) is 0.0438. The number of hydrogen-bond donors (Lipinski definition) is 2. The van der Waals surface area contributed by atoms with Crippen molar-refractivity contribution in [2.24, 2.45) is 5.73 Å². The lowest BCUT2D eigenvalue weighted by molar-refractivity contribution is 0.279. The molecule has 0 saturated heterocycles. The summed E-state index contributed by atoms with van der Waals surface area (Å²) in [5.74, 6) is -0.738. The van der Waals surface area contributed by atoms with E-state index in [0.29, 0.717) is 0 Å². The fourth-order valence-corrected chi connectivity index (χ4v) is 2.74. The average molecular weight is 247 g/mol. The predicted molar refractivity (Wildman–Crippen MR) is 58.1 cm³/mol.